The van der Waals surface area contributed by atoms with E-state index in [1.807, 2.05) is 0 Å². The van der Waals surface area contributed by atoms with Crippen molar-refractivity contribution in [2.24, 2.45) is 0 Å². The average molecular weight is 720 g/mol. The van der Waals surface area contributed by atoms with Crippen molar-refractivity contribution in [3.8, 4) is 0 Å². The summed E-state index contributed by atoms with van der Waals surface area (Å²) in [6.45, 7) is 3.36. The summed E-state index contributed by atoms with van der Waals surface area (Å²) >= 11 is 0. The molecule has 9 atom stereocenters. The van der Waals surface area contributed by atoms with Crippen molar-refractivity contribution in [3.63, 3.8) is 0 Å². The van der Waals surface area contributed by atoms with E-state index >= 15 is 0 Å². The molecule has 11 heteroatoms. The van der Waals surface area contributed by atoms with Crippen LogP contribution in [0, 0.1) is 0 Å². The second-order valence-corrected chi connectivity index (χ2v) is 14.7. The highest BCUT2D eigenvalue weighted by Gasteiger charge is 2.44. The van der Waals surface area contributed by atoms with Gasteiger partial charge in [0.05, 0.1) is 25.4 Å². The predicted octanol–water partition coefficient (Wildman–Crippen LogP) is 5.16. The summed E-state index contributed by atoms with van der Waals surface area (Å²) < 4.78 is 11.0. The van der Waals surface area contributed by atoms with Gasteiger partial charge in [0.25, 0.3) is 0 Å². The Kier molecular flexibility index (Phi) is 28.8. The average Bonchev–Trinajstić information content (AvgIpc) is 3.11. The molecule has 0 aromatic carbocycles. The third kappa shape index (κ3) is 21.0. The number of hydrogen-bond acceptors (Lipinski definition) is 10. The normalized spacial score (nSPS) is 23.4. The molecule has 9 unspecified atom stereocenters. The molecule has 0 spiro atoms. The molecule has 0 radical (unpaired) electrons. The molecule has 1 fully saturated rings. The fourth-order valence-electron chi connectivity index (χ4n) is 6.67. The smallest absolute Gasteiger partial charge is 0.249 e. The Morgan fingerprint density at radius 1 is 0.620 bits per heavy atom. The van der Waals surface area contributed by atoms with Gasteiger partial charge in [-0.25, -0.2) is 0 Å². The van der Waals surface area contributed by atoms with Crippen molar-refractivity contribution in [1.29, 1.82) is 0 Å². The Balaban J connectivity index is 2.46. The maximum atomic E-state index is 13.0. The molecule has 1 saturated heterocycles. The zero-order valence-corrected chi connectivity index (χ0v) is 31.6. The lowest BCUT2D eigenvalue weighted by molar-refractivity contribution is -0.303. The number of aliphatic hydroxyl groups excluding tert-OH is 7. The summed E-state index contributed by atoms with van der Waals surface area (Å²) in [6.07, 6.45) is 16.1. The maximum Gasteiger partial charge on any atom is 0.249 e. The maximum absolute atomic E-state index is 13.0. The summed E-state index contributed by atoms with van der Waals surface area (Å²) in [5, 5.41) is 75.0. The third-order valence-corrected chi connectivity index (χ3v) is 10.2. The minimum Gasteiger partial charge on any atom is -0.394 e. The van der Waals surface area contributed by atoms with E-state index in [0.717, 1.165) is 44.9 Å². The summed E-state index contributed by atoms with van der Waals surface area (Å²) in [5.41, 5.74) is 0. The summed E-state index contributed by atoms with van der Waals surface area (Å²) in [6, 6.07) is -1.16. The molecule has 0 aromatic rings. The van der Waals surface area contributed by atoms with Crippen LogP contribution in [-0.4, -0.2) is 110 Å². The van der Waals surface area contributed by atoms with Gasteiger partial charge in [-0.05, 0) is 12.8 Å². The zero-order chi connectivity index (χ0) is 37.0. The van der Waals surface area contributed by atoms with Gasteiger partial charge in [0.2, 0.25) is 5.91 Å². The fraction of sp³-hybridized carbons (Fsp3) is 0.974. The molecule has 1 rings (SSSR count). The number of hydrogen-bond donors (Lipinski definition) is 8. The van der Waals surface area contributed by atoms with E-state index in [0.29, 0.717) is 19.3 Å². The largest absolute Gasteiger partial charge is 0.394 e. The van der Waals surface area contributed by atoms with Crippen LogP contribution in [0.3, 0.4) is 0 Å². The van der Waals surface area contributed by atoms with Gasteiger partial charge in [-0.15, -0.1) is 0 Å². The van der Waals surface area contributed by atoms with E-state index in [1.54, 1.807) is 0 Å². The summed E-state index contributed by atoms with van der Waals surface area (Å²) in [5.74, 6) is -0.699. The van der Waals surface area contributed by atoms with Crippen molar-refractivity contribution in [1.82, 2.24) is 5.32 Å². The van der Waals surface area contributed by atoms with Gasteiger partial charge in [-0.1, -0.05) is 162 Å². The van der Waals surface area contributed by atoms with E-state index < -0.39 is 74.2 Å². The number of rotatable bonds is 33. The van der Waals surface area contributed by atoms with Crippen LogP contribution in [0.1, 0.15) is 174 Å². The highest BCUT2D eigenvalue weighted by Crippen LogP contribution is 2.23. The minimum absolute atomic E-state index is 0.265. The molecule has 1 aliphatic heterocycles. The number of ether oxygens (including phenoxy) is 2. The van der Waals surface area contributed by atoms with Gasteiger partial charge in [0.15, 0.2) is 6.29 Å². The van der Waals surface area contributed by atoms with Crippen LogP contribution in [0.4, 0.5) is 0 Å². The molecule has 1 amide bonds. The van der Waals surface area contributed by atoms with Crippen LogP contribution in [0.5, 0.6) is 0 Å². The first-order chi connectivity index (χ1) is 24.2. The van der Waals surface area contributed by atoms with Crippen LogP contribution < -0.4 is 5.32 Å². The monoisotopic (exact) mass is 720 g/mol. The molecule has 11 nitrogen and oxygen atoms in total. The van der Waals surface area contributed by atoms with Crippen molar-refractivity contribution < 1.29 is 50.0 Å². The Morgan fingerprint density at radius 2 is 1.04 bits per heavy atom. The minimum atomic E-state index is -1.65. The van der Waals surface area contributed by atoms with Crippen LogP contribution >= 0.6 is 0 Å². The topological polar surface area (TPSA) is 189 Å². The quantitative estimate of drug-likeness (QED) is 0.0421. The molecule has 8 N–H and O–H groups in total. The lowest BCUT2D eigenvalue weighted by atomic mass is 9.98. The zero-order valence-electron chi connectivity index (χ0n) is 31.6. The van der Waals surface area contributed by atoms with Crippen molar-refractivity contribution in [3.05, 3.63) is 0 Å². The number of amides is 1. The Bertz CT molecular complexity index is 790. The molecule has 0 saturated carbocycles. The highest BCUT2D eigenvalue weighted by molar-refractivity contribution is 5.80. The molecular formula is C39H77NO10. The summed E-state index contributed by atoms with van der Waals surface area (Å²) in [7, 11) is 0. The predicted molar refractivity (Wildman–Crippen MR) is 196 cm³/mol. The highest BCUT2D eigenvalue weighted by atomic mass is 16.7. The molecule has 298 valence electrons. The fourth-order valence-corrected chi connectivity index (χ4v) is 6.67. The number of unbranched alkanes of at least 4 members (excludes halogenated alkanes) is 21. The van der Waals surface area contributed by atoms with Crippen molar-refractivity contribution >= 4 is 5.91 Å². The number of aliphatic hydroxyl groups is 7. The van der Waals surface area contributed by atoms with E-state index in [4.69, 9.17) is 9.47 Å². The van der Waals surface area contributed by atoms with Crippen molar-refractivity contribution in [2.45, 2.75) is 229 Å². The standard InChI is InChI=1S/C39H77NO10/c1-3-5-7-9-11-12-13-14-15-16-17-18-19-21-23-25-27-32(43)38(48)40-30(34(44)31(42)26-24-22-20-10-8-6-4-2)29-49-39-37(47)36(46)35(45)33(28-41)50-39/h30-37,39,41-47H,3-29H2,1-2H3,(H,40,48). The first-order valence-corrected chi connectivity index (χ1v) is 20.4. The first kappa shape index (κ1) is 47.1. The molecule has 1 aliphatic rings. The van der Waals surface area contributed by atoms with Gasteiger partial charge >= 0.3 is 0 Å². The lowest BCUT2D eigenvalue weighted by Gasteiger charge is -2.40. The molecule has 0 aromatic heterocycles. The van der Waals surface area contributed by atoms with Crippen LogP contribution in [0.15, 0.2) is 0 Å². The molecule has 0 bridgehead atoms. The van der Waals surface area contributed by atoms with Crippen LogP contribution in [0.2, 0.25) is 0 Å². The van der Waals surface area contributed by atoms with Gasteiger partial charge in [0, 0.05) is 0 Å². The first-order valence-electron chi connectivity index (χ1n) is 20.4. The Hall–Kier alpha value is -0.890. The number of carbonyl (C=O) groups excluding carboxylic acids is 1. The Morgan fingerprint density at radius 3 is 1.48 bits per heavy atom. The van der Waals surface area contributed by atoms with E-state index in [2.05, 4.69) is 19.2 Å². The number of carbonyl (C=O) groups is 1. The van der Waals surface area contributed by atoms with Gasteiger partial charge in [-0.3, -0.25) is 4.79 Å². The van der Waals surface area contributed by atoms with E-state index in [9.17, 15) is 40.5 Å². The Labute approximate surface area is 303 Å². The summed E-state index contributed by atoms with van der Waals surface area (Å²) in [4.78, 5) is 13.0. The van der Waals surface area contributed by atoms with E-state index in [1.165, 1.54) is 89.9 Å². The molecule has 50 heavy (non-hydrogen) atoms. The molecular weight excluding hydrogens is 642 g/mol. The number of nitrogens with one attached hydrogen (secondary N) is 1. The van der Waals surface area contributed by atoms with E-state index in [-0.39, 0.29) is 6.42 Å². The van der Waals surface area contributed by atoms with Gasteiger partial charge < -0.3 is 50.5 Å². The second kappa shape index (κ2) is 30.6. The lowest BCUT2D eigenvalue weighted by Crippen LogP contribution is -2.60. The van der Waals surface area contributed by atoms with Crippen LogP contribution in [-0.2, 0) is 14.3 Å². The SMILES string of the molecule is CCCCCCCCCCCCCCCCCCC(O)C(=O)NC(COC1OC(CO)C(O)C(O)C1O)C(O)C(O)CCCCCCCCC. The van der Waals surface area contributed by atoms with Crippen LogP contribution in [0.25, 0.3) is 0 Å². The molecule has 0 aliphatic carbocycles. The van der Waals surface area contributed by atoms with Gasteiger partial charge in [0.1, 0.15) is 36.6 Å². The second-order valence-electron chi connectivity index (χ2n) is 14.7. The van der Waals surface area contributed by atoms with Crippen molar-refractivity contribution in [2.75, 3.05) is 13.2 Å². The van der Waals surface area contributed by atoms with Gasteiger partial charge in [-0.2, -0.15) is 0 Å². The molecule has 1 heterocycles. The third-order valence-electron chi connectivity index (χ3n) is 10.2.